The zero-order valence-electron chi connectivity index (χ0n) is 14.3. The number of rotatable bonds is 4. The van der Waals surface area contributed by atoms with Gasteiger partial charge in [0.05, 0.1) is 13.2 Å². The molecule has 132 valence electrons. The van der Waals surface area contributed by atoms with Crippen LogP contribution in [-0.4, -0.2) is 25.2 Å². The van der Waals surface area contributed by atoms with Gasteiger partial charge in [0, 0.05) is 10.8 Å². The third-order valence-electron chi connectivity index (χ3n) is 4.11. The lowest BCUT2D eigenvalue weighted by Gasteiger charge is -2.23. The number of carbonyl (C=O) groups excluding carboxylic acids is 2. The van der Waals surface area contributed by atoms with Crippen molar-refractivity contribution >= 4 is 34.9 Å². The van der Waals surface area contributed by atoms with E-state index in [-0.39, 0.29) is 24.7 Å². The van der Waals surface area contributed by atoms with E-state index >= 15 is 0 Å². The second kappa shape index (κ2) is 6.22. The van der Waals surface area contributed by atoms with E-state index in [1.807, 2.05) is 12.1 Å². The summed E-state index contributed by atoms with van der Waals surface area (Å²) in [6.45, 7) is 4.03. The van der Waals surface area contributed by atoms with Gasteiger partial charge in [-0.25, -0.2) is 9.59 Å². The summed E-state index contributed by atoms with van der Waals surface area (Å²) in [6, 6.07) is 7.17. The molecule has 0 unspecified atom stereocenters. The number of esters is 2. The van der Waals surface area contributed by atoms with Gasteiger partial charge >= 0.3 is 11.9 Å². The van der Waals surface area contributed by atoms with Crippen LogP contribution in [-0.2, 0) is 19.1 Å². The zero-order valence-corrected chi connectivity index (χ0v) is 14.3. The van der Waals surface area contributed by atoms with Gasteiger partial charge in [-0.15, -0.1) is 0 Å². The maximum absolute atomic E-state index is 12.0. The van der Waals surface area contributed by atoms with Crippen molar-refractivity contribution in [2.75, 3.05) is 13.2 Å². The molecular weight excluding hydrogens is 336 g/mol. The quantitative estimate of drug-likeness (QED) is 0.785. The largest absolute Gasteiger partial charge is 0.460 e. The third kappa shape index (κ3) is 2.50. The molecule has 6 heteroatoms. The van der Waals surface area contributed by atoms with Crippen LogP contribution in [0.3, 0.4) is 0 Å². The molecule has 0 atom stereocenters. The number of hydrogen-bond donors (Lipinski definition) is 0. The summed E-state index contributed by atoms with van der Waals surface area (Å²) >= 11 is 0. The van der Waals surface area contributed by atoms with Crippen LogP contribution in [0, 0.1) is 0 Å². The lowest BCUT2D eigenvalue weighted by Crippen LogP contribution is -2.17. The van der Waals surface area contributed by atoms with Gasteiger partial charge in [-0.1, -0.05) is 12.1 Å². The Bertz CT molecular complexity index is 918. The van der Waals surface area contributed by atoms with E-state index in [2.05, 4.69) is 0 Å². The molecule has 0 radical (unpaired) electrons. The third-order valence-corrected chi connectivity index (χ3v) is 4.11. The maximum Gasteiger partial charge on any atom is 0.374 e. The van der Waals surface area contributed by atoms with Crippen LogP contribution in [0.5, 0.6) is 11.5 Å². The molecule has 0 aliphatic carbocycles. The van der Waals surface area contributed by atoms with Crippen LogP contribution in [0.4, 0.5) is 0 Å². The van der Waals surface area contributed by atoms with E-state index < -0.39 is 11.9 Å². The Hall–Kier alpha value is -3.28. The minimum absolute atomic E-state index is 0.141. The van der Waals surface area contributed by atoms with Crippen molar-refractivity contribution in [3.8, 4) is 11.5 Å². The first-order chi connectivity index (χ1) is 12.6. The average Bonchev–Trinajstić information content (AvgIpc) is 2.65. The van der Waals surface area contributed by atoms with Gasteiger partial charge < -0.3 is 18.9 Å². The Balaban J connectivity index is 1.84. The lowest BCUT2D eigenvalue weighted by atomic mass is 9.95. The van der Waals surface area contributed by atoms with Gasteiger partial charge in [-0.3, -0.25) is 0 Å². The first-order valence-corrected chi connectivity index (χ1v) is 8.35. The van der Waals surface area contributed by atoms with Crippen molar-refractivity contribution in [3.63, 3.8) is 0 Å². The standard InChI is InChI=1S/C20H16O6/c1-3-23-19(21)15-9-11-5-8-14-18-12(6-7-13(25-15)17(11)18)10-16(26-14)20(22)24-4-2/h5-10H,3-4H2,1-2H3. The maximum atomic E-state index is 12.0. The van der Waals surface area contributed by atoms with Crippen LogP contribution in [0.25, 0.3) is 22.9 Å². The smallest absolute Gasteiger partial charge is 0.374 e. The highest BCUT2D eigenvalue weighted by Gasteiger charge is 2.27. The fourth-order valence-corrected chi connectivity index (χ4v) is 3.08. The zero-order chi connectivity index (χ0) is 18.3. The number of ether oxygens (including phenoxy) is 4. The van der Waals surface area contributed by atoms with Crippen molar-refractivity contribution in [3.05, 3.63) is 46.9 Å². The van der Waals surface area contributed by atoms with Crippen molar-refractivity contribution < 1.29 is 28.5 Å². The molecular formula is C20H16O6. The number of benzene rings is 2. The van der Waals surface area contributed by atoms with E-state index in [1.165, 1.54) is 0 Å². The van der Waals surface area contributed by atoms with E-state index in [9.17, 15) is 9.59 Å². The Kier molecular flexibility index (Phi) is 3.88. The summed E-state index contributed by atoms with van der Waals surface area (Å²) in [5.41, 5.74) is 1.65. The summed E-state index contributed by atoms with van der Waals surface area (Å²) in [4.78, 5) is 24.0. The molecule has 6 nitrogen and oxygen atoms in total. The van der Waals surface area contributed by atoms with Crippen LogP contribution in [0.15, 0.2) is 35.8 Å². The Labute approximate surface area is 149 Å². The molecule has 0 bridgehead atoms. The summed E-state index contributed by atoms with van der Waals surface area (Å²) in [7, 11) is 0. The van der Waals surface area contributed by atoms with Crippen LogP contribution >= 0.6 is 0 Å². The van der Waals surface area contributed by atoms with E-state index in [0.29, 0.717) is 11.5 Å². The first-order valence-electron chi connectivity index (χ1n) is 8.35. The second-order valence-electron chi connectivity index (χ2n) is 5.72. The first kappa shape index (κ1) is 16.2. The molecule has 2 aromatic carbocycles. The Morgan fingerprint density at radius 1 is 0.769 bits per heavy atom. The summed E-state index contributed by atoms with van der Waals surface area (Å²) < 4.78 is 21.5. The van der Waals surface area contributed by atoms with Crippen LogP contribution in [0.1, 0.15) is 25.0 Å². The van der Waals surface area contributed by atoms with Crippen molar-refractivity contribution in [2.45, 2.75) is 13.8 Å². The second-order valence-corrected chi connectivity index (χ2v) is 5.72. The minimum Gasteiger partial charge on any atom is -0.460 e. The molecule has 0 N–H and O–H groups in total. The van der Waals surface area contributed by atoms with E-state index in [1.54, 1.807) is 38.1 Å². The van der Waals surface area contributed by atoms with Gasteiger partial charge in [-0.2, -0.15) is 0 Å². The molecule has 0 fully saturated rings. The normalized spacial score (nSPS) is 13.9. The van der Waals surface area contributed by atoms with Gasteiger partial charge in [0.1, 0.15) is 11.5 Å². The van der Waals surface area contributed by atoms with Crippen molar-refractivity contribution in [2.24, 2.45) is 0 Å². The molecule has 0 amide bonds. The SMILES string of the molecule is CCOC(=O)C1=Cc2ccc3c4c(ccc(c24)O1)C=C(C(=O)OCC)O3. The summed E-state index contributed by atoms with van der Waals surface area (Å²) in [5.74, 6) is 0.355. The molecule has 4 rings (SSSR count). The number of carbonyl (C=O) groups is 2. The topological polar surface area (TPSA) is 71.1 Å². The highest BCUT2D eigenvalue weighted by Crippen LogP contribution is 2.44. The monoisotopic (exact) mass is 352 g/mol. The molecule has 0 saturated heterocycles. The predicted octanol–water partition coefficient (Wildman–Crippen LogP) is 3.43. The number of hydrogen-bond acceptors (Lipinski definition) is 6. The fourth-order valence-electron chi connectivity index (χ4n) is 3.08. The molecule has 0 aromatic heterocycles. The summed E-state index contributed by atoms with van der Waals surface area (Å²) in [6.07, 6.45) is 3.30. The molecule has 2 heterocycles. The average molecular weight is 352 g/mol. The lowest BCUT2D eigenvalue weighted by molar-refractivity contribution is -0.141. The Morgan fingerprint density at radius 2 is 1.19 bits per heavy atom. The predicted molar refractivity (Wildman–Crippen MR) is 94.4 cm³/mol. The van der Waals surface area contributed by atoms with Gasteiger partial charge in [0.2, 0.25) is 11.5 Å². The van der Waals surface area contributed by atoms with Crippen molar-refractivity contribution in [1.29, 1.82) is 0 Å². The Morgan fingerprint density at radius 3 is 1.58 bits per heavy atom. The van der Waals surface area contributed by atoms with Gasteiger partial charge in [-0.05, 0) is 49.3 Å². The molecule has 2 aliphatic heterocycles. The molecule has 0 spiro atoms. The fraction of sp³-hybridized carbons (Fsp3) is 0.200. The molecule has 0 saturated carbocycles. The highest BCUT2D eigenvalue weighted by atomic mass is 16.6. The minimum atomic E-state index is -0.507. The van der Waals surface area contributed by atoms with Crippen LogP contribution in [0.2, 0.25) is 0 Å². The van der Waals surface area contributed by atoms with Crippen LogP contribution < -0.4 is 9.47 Å². The molecule has 2 aromatic rings. The van der Waals surface area contributed by atoms with Crippen molar-refractivity contribution in [1.82, 2.24) is 0 Å². The summed E-state index contributed by atoms with van der Waals surface area (Å²) in [5, 5.41) is 1.65. The van der Waals surface area contributed by atoms with Gasteiger partial charge in [0.25, 0.3) is 0 Å². The van der Waals surface area contributed by atoms with E-state index in [0.717, 1.165) is 21.9 Å². The van der Waals surface area contributed by atoms with Gasteiger partial charge in [0.15, 0.2) is 0 Å². The molecule has 2 aliphatic rings. The van der Waals surface area contributed by atoms with E-state index in [4.69, 9.17) is 18.9 Å². The molecule has 26 heavy (non-hydrogen) atoms. The highest BCUT2D eigenvalue weighted by molar-refractivity contribution is 6.10.